The molecule has 2 aromatic rings. The molecule has 0 aliphatic carbocycles. The molecule has 0 atom stereocenters. The molecular formula is C15H20N2O2S. The first-order valence-electron chi connectivity index (χ1n) is 6.69. The Balaban J connectivity index is 2.15. The van der Waals surface area contributed by atoms with Crippen molar-refractivity contribution >= 4 is 11.8 Å². The number of aromatic nitrogens is 2. The van der Waals surface area contributed by atoms with Crippen molar-refractivity contribution < 1.29 is 9.84 Å². The minimum absolute atomic E-state index is 0.0186. The number of rotatable bonds is 7. The lowest BCUT2D eigenvalue weighted by molar-refractivity contribution is 0.277. The van der Waals surface area contributed by atoms with Gasteiger partial charge in [-0.3, -0.25) is 0 Å². The molecule has 0 amide bonds. The summed E-state index contributed by atoms with van der Waals surface area (Å²) >= 11 is 1.73. The first-order chi connectivity index (χ1) is 9.76. The standard InChI is InChI=1S/C15H20N2O2S/c1-3-8-20-15-16-13(11-18)10-17(15)9-12-4-6-14(19-2)7-5-12/h4-7,10,18H,3,8-9,11H2,1-2H3. The van der Waals surface area contributed by atoms with Crippen LogP contribution in [0.25, 0.3) is 0 Å². The second-order valence-corrected chi connectivity index (χ2v) is 5.56. The quantitative estimate of drug-likeness (QED) is 0.797. The van der Waals surface area contributed by atoms with Gasteiger partial charge in [-0.25, -0.2) is 4.98 Å². The zero-order valence-corrected chi connectivity index (χ0v) is 12.7. The molecule has 0 fully saturated rings. The van der Waals surface area contributed by atoms with Gasteiger partial charge < -0.3 is 14.4 Å². The fraction of sp³-hybridized carbons (Fsp3) is 0.400. The third-order valence-electron chi connectivity index (χ3n) is 2.90. The zero-order chi connectivity index (χ0) is 14.4. The summed E-state index contributed by atoms with van der Waals surface area (Å²) in [6.07, 6.45) is 3.02. The van der Waals surface area contributed by atoms with Crippen LogP contribution in [-0.2, 0) is 13.2 Å². The predicted molar refractivity (Wildman–Crippen MR) is 81.3 cm³/mol. The molecule has 0 saturated carbocycles. The second-order valence-electron chi connectivity index (χ2n) is 4.50. The Labute approximate surface area is 123 Å². The molecule has 1 aromatic heterocycles. The first kappa shape index (κ1) is 14.9. The van der Waals surface area contributed by atoms with E-state index in [2.05, 4.69) is 16.5 Å². The van der Waals surface area contributed by atoms with Gasteiger partial charge in [-0.1, -0.05) is 30.8 Å². The number of aliphatic hydroxyl groups is 1. The van der Waals surface area contributed by atoms with E-state index < -0.39 is 0 Å². The highest BCUT2D eigenvalue weighted by atomic mass is 32.2. The first-order valence-corrected chi connectivity index (χ1v) is 7.68. The van der Waals surface area contributed by atoms with Crippen LogP contribution in [0.15, 0.2) is 35.6 Å². The SMILES string of the molecule is CCCSc1nc(CO)cn1Cc1ccc(OC)cc1. The molecule has 1 heterocycles. The molecule has 4 nitrogen and oxygen atoms in total. The van der Waals surface area contributed by atoms with Gasteiger partial charge in [0.1, 0.15) is 5.75 Å². The van der Waals surface area contributed by atoms with E-state index in [0.29, 0.717) is 0 Å². The molecule has 0 aliphatic heterocycles. The highest BCUT2D eigenvalue weighted by Gasteiger charge is 2.08. The number of benzene rings is 1. The van der Waals surface area contributed by atoms with E-state index in [0.717, 1.165) is 35.3 Å². The van der Waals surface area contributed by atoms with Crippen LogP contribution >= 0.6 is 11.8 Å². The van der Waals surface area contributed by atoms with Crippen LogP contribution in [0.3, 0.4) is 0 Å². The van der Waals surface area contributed by atoms with Crippen LogP contribution < -0.4 is 4.74 Å². The van der Waals surface area contributed by atoms with Gasteiger partial charge in [0.25, 0.3) is 0 Å². The van der Waals surface area contributed by atoms with E-state index >= 15 is 0 Å². The minimum Gasteiger partial charge on any atom is -0.497 e. The number of thioether (sulfide) groups is 1. The largest absolute Gasteiger partial charge is 0.497 e. The van der Waals surface area contributed by atoms with Crippen LogP contribution in [0.2, 0.25) is 0 Å². The summed E-state index contributed by atoms with van der Waals surface area (Å²) in [6, 6.07) is 8.01. The van der Waals surface area contributed by atoms with Crippen LogP contribution in [-0.4, -0.2) is 27.5 Å². The van der Waals surface area contributed by atoms with E-state index in [1.807, 2.05) is 30.5 Å². The van der Waals surface area contributed by atoms with Crippen LogP contribution in [0.4, 0.5) is 0 Å². The minimum atomic E-state index is -0.0186. The lowest BCUT2D eigenvalue weighted by Gasteiger charge is -2.08. The summed E-state index contributed by atoms with van der Waals surface area (Å²) in [5.74, 6) is 1.89. The average Bonchev–Trinajstić information content (AvgIpc) is 2.88. The lowest BCUT2D eigenvalue weighted by Crippen LogP contribution is -2.00. The van der Waals surface area contributed by atoms with Gasteiger partial charge in [-0.05, 0) is 24.1 Å². The van der Waals surface area contributed by atoms with Crippen LogP contribution in [0.1, 0.15) is 24.6 Å². The van der Waals surface area contributed by atoms with E-state index in [4.69, 9.17) is 4.74 Å². The number of methoxy groups -OCH3 is 1. The number of hydrogen-bond donors (Lipinski definition) is 1. The fourth-order valence-corrected chi connectivity index (χ4v) is 2.73. The van der Waals surface area contributed by atoms with Crippen molar-refractivity contribution in [3.8, 4) is 5.75 Å². The average molecular weight is 292 g/mol. The van der Waals surface area contributed by atoms with Crippen molar-refractivity contribution in [2.45, 2.75) is 31.7 Å². The van der Waals surface area contributed by atoms with Crippen LogP contribution in [0.5, 0.6) is 5.75 Å². The van der Waals surface area contributed by atoms with Crippen molar-refractivity contribution in [1.29, 1.82) is 0 Å². The molecule has 0 radical (unpaired) electrons. The Morgan fingerprint density at radius 1 is 1.30 bits per heavy atom. The monoisotopic (exact) mass is 292 g/mol. The maximum Gasteiger partial charge on any atom is 0.168 e. The maximum atomic E-state index is 9.23. The third kappa shape index (κ3) is 3.77. The van der Waals surface area contributed by atoms with Gasteiger partial charge in [0.15, 0.2) is 5.16 Å². The van der Waals surface area contributed by atoms with Crippen molar-refractivity contribution in [1.82, 2.24) is 9.55 Å². The van der Waals surface area contributed by atoms with Crippen molar-refractivity contribution in [2.75, 3.05) is 12.9 Å². The van der Waals surface area contributed by atoms with Crippen LogP contribution in [0, 0.1) is 0 Å². The fourth-order valence-electron chi connectivity index (χ4n) is 1.88. The number of aliphatic hydroxyl groups excluding tert-OH is 1. The maximum absolute atomic E-state index is 9.23. The van der Waals surface area contributed by atoms with Crippen molar-refractivity contribution in [3.63, 3.8) is 0 Å². The third-order valence-corrected chi connectivity index (χ3v) is 4.10. The second kappa shape index (κ2) is 7.36. The normalized spacial score (nSPS) is 10.8. The molecule has 20 heavy (non-hydrogen) atoms. The molecule has 0 bridgehead atoms. The molecule has 0 aliphatic rings. The van der Waals surface area contributed by atoms with E-state index in [9.17, 15) is 5.11 Å². The molecule has 2 rings (SSSR count). The molecule has 1 aromatic carbocycles. The predicted octanol–water partition coefficient (Wildman–Crippen LogP) is 2.93. The zero-order valence-electron chi connectivity index (χ0n) is 11.9. The Hall–Kier alpha value is -1.46. The van der Waals surface area contributed by atoms with E-state index in [-0.39, 0.29) is 6.61 Å². The summed E-state index contributed by atoms with van der Waals surface area (Å²) in [5.41, 5.74) is 1.91. The van der Waals surface area contributed by atoms with Gasteiger partial charge >= 0.3 is 0 Å². The highest BCUT2D eigenvalue weighted by molar-refractivity contribution is 7.99. The number of ether oxygens (including phenoxy) is 1. The highest BCUT2D eigenvalue weighted by Crippen LogP contribution is 2.21. The summed E-state index contributed by atoms with van der Waals surface area (Å²) in [6.45, 7) is 2.88. The Kier molecular flexibility index (Phi) is 5.49. The Morgan fingerprint density at radius 3 is 2.65 bits per heavy atom. The van der Waals surface area contributed by atoms with Gasteiger partial charge in [-0.15, -0.1) is 0 Å². The smallest absolute Gasteiger partial charge is 0.168 e. The summed E-state index contributed by atoms with van der Waals surface area (Å²) < 4.78 is 7.25. The summed E-state index contributed by atoms with van der Waals surface area (Å²) in [5, 5.41) is 10.2. The topological polar surface area (TPSA) is 47.3 Å². The Bertz CT molecular complexity index is 537. The van der Waals surface area contributed by atoms with Crippen molar-refractivity contribution in [3.05, 3.63) is 41.7 Å². The van der Waals surface area contributed by atoms with Crippen molar-refractivity contribution in [2.24, 2.45) is 0 Å². The van der Waals surface area contributed by atoms with E-state index in [1.165, 1.54) is 5.56 Å². The van der Waals surface area contributed by atoms with Gasteiger partial charge in [0, 0.05) is 18.5 Å². The lowest BCUT2D eigenvalue weighted by atomic mass is 10.2. The summed E-state index contributed by atoms with van der Waals surface area (Å²) in [4.78, 5) is 4.45. The molecule has 108 valence electrons. The van der Waals surface area contributed by atoms with E-state index in [1.54, 1.807) is 18.9 Å². The molecule has 0 saturated heterocycles. The molecule has 1 N–H and O–H groups in total. The molecular weight excluding hydrogens is 272 g/mol. The molecule has 5 heteroatoms. The Morgan fingerprint density at radius 2 is 2.05 bits per heavy atom. The number of imidazole rings is 1. The number of nitrogens with zero attached hydrogens (tertiary/aromatic N) is 2. The number of hydrogen-bond acceptors (Lipinski definition) is 4. The van der Waals surface area contributed by atoms with Gasteiger partial charge in [0.2, 0.25) is 0 Å². The molecule has 0 unspecified atom stereocenters. The molecule has 0 spiro atoms. The summed E-state index contributed by atoms with van der Waals surface area (Å²) in [7, 11) is 1.66. The van der Waals surface area contributed by atoms with Gasteiger partial charge in [-0.2, -0.15) is 0 Å². The van der Waals surface area contributed by atoms with Gasteiger partial charge in [0.05, 0.1) is 19.4 Å².